The van der Waals surface area contributed by atoms with Crippen molar-refractivity contribution in [1.29, 1.82) is 0 Å². The third kappa shape index (κ3) is 5.76. The standard InChI is InChI=1S/C19H27N3O3.C2HF3O2/c1-4-21-13-19(15(12-25-3)17(21)23)7-9-22(10-8-19)18(24)16-6-5-14(2)11-20-16;3-2(4,5)1(6)7/h5-6,11,15H,4,7-10,12-13H2,1-3H3;(H,6,7). The molecule has 2 aliphatic rings. The molecule has 2 amide bonds. The molecule has 2 fully saturated rings. The lowest BCUT2D eigenvalue weighted by molar-refractivity contribution is -0.192. The van der Waals surface area contributed by atoms with Crippen LogP contribution in [0.25, 0.3) is 0 Å². The number of carboxylic acids is 1. The number of aromatic nitrogens is 1. The molecule has 0 bridgehead atoms. The molecule has 2 saturated heterocycles. The van der Waals surface area contributed by atoms with E-state index in [9.17, 15) is 22.8 Å². The summed E-state index contributed by atoms with van der Waals surface area (Å²) < 4.78 is 37.1. The second-order valence-electron chi connectivity index (χ2n) is 8.04. The van der Waals surface area contributed by atoms with Crippen LogP contribution in [-0.4, -0.2) is 83.7 Å². The number of carbonyl (C=O) groups is 3. The third-order valence-electron chi connectivity index (χ3n) is 5.99. The maximum absolute atomic E-state index is 12.7. The van der Waals surface area contributed by atoms with Crippen LogP contribution in [0.1, 0.15) is 35.8 Å². The van der Waals surface area contributed by atoms with Gasteiger partial charge < -0.3 is 19.6 Å². The average Bonchev–Trinajstić information content (AvgIpc) is 3.00. The zero-order valence-electron chi connectivity index (χ0n) is 18.3. The number of nitrogens with zero attached hydrogens (tertiary/aromatic N) is 3. The summed E-state index contributed by atoms with van der Waals surface area (Å²) in [4.78, 5) is 42.2. The lowest BCUT2D eigenvalue weighted by Gasteiger charge is -2.41. The van der Waals surface area contributed by atoms with Crippen molar-refractivity contribution in [3.05, 3.63) is 29.6 Å². The van der Waals surface area contributed by atoms with Crippen LogP contribution >= 0.6 is 0 Å². The molecule has 1 atom stereocenters. The molecule has 3 rings (SSSR count). The Bertz CT molecular complexity index is 821. The number of amides is 2. The summed E-state index contributed by atoms with van der Waals surface area (Å²) in [5, 5.41) is 7.12. The van der Waals surface area contributed by atoms with Crippen LogP contribution in [0.2, 0.25) is 0 Å². The molecule has 2 aliphatic heterocycles. The number of likely N-dealkylation sites (tertiary alicyclic amines) is 2. The van der Waals surface area contributed by atoms with Gasteiger partial charge in [0.05, 0.1) is 12.5 Å². The van der Waals surface area contributed by atoms with E-state index in [2.05, 4.69) is 4.98 Å². The van der Waals surface area contributed by atoms with Gasteiger partial charge in [0, 0.05) is 44.9 Å². The number of pyridine rings is 1. The Morgan fingerprint density at radius 3 is 2.31 bits per heavy atom. The van der Waals surface area contributed by atoms with Crippen molar-refractivity contribution in [1.82, 2.24) is 14.8 Å². The van der Waals surface area contributed by atoms with Gasteiger partial charge in [-0.1, -0.05) is 6.07 Å². The van der Waals surface area contributed by atoms with Gasteiger partial charge in [-0.25, -0.2) is 4.79 Å². The number of hydrogen-bond donors (Lipinski definition) is 1. The van der Waals surface area contributed by atoms with E-state index in [1.165, 1.54) is 0 Å². The van der Waals surface area contributed by atoms with Gasteiger partial charge in [0.15, 0.2) is 0 Å². The largest absolute Gasteiger partial charge is 0.490 e. The molecule has 1 N–H and O–H groups in total. The van der Waals surface area contributed by atoms with Crippen LogP contribution in [0, 0.1) is 18.3 Å². The predicted octanol–water partition coefficient (Wildman–Crippen LogP) is 2.37. The second-order valence-corrected chi connectivity index (χ2v) is 8.04. The van der Waals surface area contributed by atoms with Gasteiger partial charge in [-0.05, 0) is 38.3 Å². The number of rotatable bonds is 4. The first kappa shape index (κ1) is 25.6. The molecule has 0 aliphatic carbocycles. The second kappa shape index (κ2) is 10.3. The minimum Gasteiger partial charge on any atom is -0.475 e. The van der Waals surface area contributed by atoms with Crippen molar-refractivity contribution in [3.8, 4) is 0 Å². The summed E-state index contributed by atoms with van der Waals surface area (Å²) in [6, 6.07) is 3.70. The normalized spacial score (nSPS) is 20.2. The number of methoxy groups -OCH3 is 1. The van der Waals surface area contributed by atoms with E-state index >= 15 is 0 Å². The Labute approximate surface area is 184 Å². The van der Waals surface area contributed by atoms with Gasteiger partial charge in [-0.2, -0.15) is 13.2 Å². The van der Waals surface area contributed by atoms with E-state index in [-0.39, 0.29) is 23.1 Å². The highest BCUT2D eigenvalue weighted by Crippen LogP contribution is 2.45. The van der Waals surface area contributed by atoms with Gasteiger partial charge >= 0.3 is 12.1 Å². The van der Waals surface area contributed by atoms with Crippen LogP contribution < -0.4 is 0 Å². The first-order valence-corrected chi connectivity index (χ1v) is 10.2. The third-order valence-corrected chi connectivity index (χ3v) is 5.99. The average molecular weight is 459 g/mol. The molecular weight excluding hydrogens is 431 g/mol. The summed E-state index contributed by atoms with van der Waals surface area (Å²) in [6.45, 7) is 7.28. The van der Waals surface area contributed by atoms with E-state index in [4.69, 9.17) is 14.6 Å². The lowest BCUT2D eigenvalue weighted by Crippen LogP contribution is -2.47. The Morgan fingerprint density at radius 2 is 1.88 bits per heavy atom. The predicted molar refractivity (Wildman–Crippen MR) is 108 cm³/mol. The zero-order valence-corrected chi connectivity index (χ0v) is 18.3. The fraction of sp³-hybridized carbons (Fsp3) is 0.619. The zero-order chi connectivity index (χ0) is 24.1. The molecule has 1 aromatic heterocycles. The van der Waals surface area contributed by atoms with Crippen molar-refractivity contribution in [3.63, 3.8) is 0 Å². The van der Waals surface area contributed by atoms with Crippen molar-refractivity contribution >= 4 is 17.8 Å². The smallest absolute Gasteiger partial charge is 0.475 e. The number of aliphatic carboxylic acids is 1. The van der Waals surface area contributed by atoms with Gasteiger partial charge in [0.2, 0.25) is 5.91 Å². The van der Waals surface area contributed by atoms with Gasteiger partial charge in [-0.3, -0.25) is 14.6 Å². The molecule has 1 unspecified atom stereocenters. The van der Waals surface area contributed by atoms with Gasteiger partial charge in [0.25, 0.3) is 5.91 Å². The summed E-state index contributed by atoms with van der Waals surface area (Å²) in [7, 11) is 1.65. The first-order valence-electron chi connectivity index (χ1n) is 10.2. The fourth-order valence-electron chi connectivity index (χ4n) is 4.15. The highest BCUT2D eigenvalue weighted by molar-refractivity contribution is 5.92. The molecule has 1 aromatic rings. The van der Waals surface area contributed by atoms with Crippen LogP contribution in [0.3, 0.4) is 0 Å². The number of halogens is 3. The summed E-state index contributed by atoms with van der Waals surface area (Å²) in [5.74, 6) is -2.67. The highest BCUT2D eigenvalue weighted by Gasteiger charge is 2.52. The van der Waals surface area contributed by atoms with Gasteiger partial charge in [0.1, 0.15) is 5.69 Å². The molecular formula is C21H28F3N3O5. The maximum atomic E-state index is 12.7. The van der Waals surface area contributed by atoms with Crippen molar-refractivity contribution < 1.29 is 37.4 Å². The number of hydrogen-bond acceptors (Lipinski definition) is 5. The first-order chi connectivity index (χ1) is 14.9. The number of ether oxygens (including phenoxy) is 1. The van der Waals surface area contributed by atoms with E-state index in [1.54, 1.807) is 19.4 Å². The lowest BCUT2D eigenvalue weighted by atomic mass is 9.71. The molecule has 0 radical (unpaired) electrons. The van der Waals surface area contributed by atoms with Gasteiger partial charge in [-0.15, -0.1) is 0 Å². The summed E-state index contributed by atoms with van der Waals surface area (Å²) in [6.07, 6.45) is -1.69. The molecule has 8 nitrogen and oxygen atoms in total. The van der Waals surface area contributed by atoms with E-state index in [0.717, 1.165) is 31.5 Å². The van der Waals surface area contributed by atoms with Crippen molar-refractivity contribution in [2.24, 2.45) is 11.3 Å². The number of carboxylic acid groups (broad SMARTS) is 1. The van der Waals surface area contributed by atoms with E-state index in [0.29, 0.717) is 25.4 Å². The van der Waals surface area contributed by atoms with Crippen LogP contribution in [0.4, 0.5) is 13.2 Å². The van der Waals surface area contributed by atoms with Crippen LogP contribution in [0.15, 0.2) is 18.3 Å². The quantitative estimate of drug-likeness (QED) is 0.742. The molecule has 11 heteroatoms. The Morgan fingerprint density at radius 1 is 1.28 bits per heavy atom. The number of piperidine rings is 1. The van der Waals surface area contributed by atoms with E-state index < -0.39 is 12.1 Å². The Hall–Kier alpha value is -2.69. The minimum atomic E-state index is -5.08. The molecule has 1 spiro atoms. The summed E-state index contributed by atoms with van der Waals surface area (Å²) in [5.41, 5.74) is 1.47. The maximum Gasteiger partial charge on any atom is 0.490 e. The number of alkyl halides is 3. The Kier molecular flexibility index (Phi) is 8.22. The van der Waals surface area contributed by atoms with Crippen LogP contribution in [0.5, 0.6) is 0 Å². The Balaban J connectivity index is 0.000000451. The monoisotopic (exact) mass is 459 g/mol. The van der Waals surface area contributed by atoms with Crippen LogP contribution in [-0.2, 0) is 14.3 Å². The number of aryl methyl sites for hydroxylation is 1. The topological polar surface area (TPSA) is 100 Å². The summed E-state index contributed by atoms with van der Waals surface area (Å²) >= 11 is 0. The highest BCUT2D eigenvalue weighted by atomic mass is 19.4. The molecule has 0 saturated carbocycles. The minimum absolute atomic E-state index is 0.0187. The van der Waals surface area contributed by atoms with E-state index in [1.807, 2.05) is 29.7 Å². The molecule has 32 heavy (non-hydrogen) atoms. The molecule has 3 heterocycles. The van der Waals surface area contributed by atoms with Crippen molar-refractivity contribution in [2.45, 2.75) is 32.9 Å². The van der Waals surface area contributed by atoms with Crippen molar-refractivity contribution in [2.75, 3.05) is 39.9 Å². The molecule has 178 valence electrons. The fourth-order valence-corrected chi connectivity index (χ4v) is 4.15. The number of carbonyl (C=O) groups excluding carboxylic acids is 2. The molecule has 0 aromatic carbocycles. The SMILES string of the molecule is CCN1CC2(CCN(C(=O)c3ccc(C)cn3)CC2)C(COC)C1=O.O=C(O)C(F)(F)F.